The third kappa shape index (κ3) is 2.25. The Morgan fingerprint density at radius 3 is 2.76 bits per heavy atom. The third-order valence-corrected chi connectivity index (χ3v) is 3.42. The fourth-order valence-electron chi connectivity index (χ4n) is 2.11. The van der Waals surface area contributed by atoms with Crippen molar-refractivity contribution in [3.8, 4) is 0 Å². The topological polar surface area (TPSA) is 73.0 Å². The van der Waals surface area contributed by atoms with Crippen molar-refractivity contribution in [3.63, 3.8) is 0 Å². The quantitative estimate of drug-likeness (QED) is 0.628. The van der Waals surface area contributed by atoms with Crippen molar-refractivity contribution < 1.29 is 4.92 Å². The van der Waals surface area contributed by atoms with Gasteiger partial charge in [-0.2, -0.15) is 5.10 Å². The summed E-state index contributed by atoms with van der Waals surface area (Å²) in [6.45, 7) is 4.87. The molecule has 1 aliphatic carbocycles. The number of aromatic nitrogens is 2. The van der Waals surface area contributed by atoms with Crippen LogP contribution in [0.5, 0.6) is 0 Å². The molecular weight excluding hydrogens is 220 g/mol. The minimum atomic E-state index is -0.343. The number of hydrogen-bond donors (Lipinski definition) is 1. The number of nitrogens with one attached hydrogen (secondary N) is 1. The third-order valence-electron chi connectivity index (χ3n) is 3.42. The Bertz CT molecular complexity index is 441. The Morgan fingerprint density at radius 2 is 2.29 bits per heavy atom. The van der Waals surface area contributed by atoms with Gasteiger partial charge in [-0.1, -0.05) is 13.8 Å². The van der Waals surface area contributed by atoms with Crippen LogP contribution in [-0.4, -0.2) is 21.2 Å². The number of hydrogen-bond acceptors (Lipinski definition) is 4. The maximum atomic E-state index is 11.1. The zero-order chi connectivity index (χ0) is 12.6. The fourth-order valence-corrected chi connectivity index (χ4v) is 2.11. The molecule has 1 fully saturated rings. The molecule has 6 nitrogen and oxygen atoms in total. The molecule has 1 aromatic heterocycles. The van der Waals surface area contributed by atoms with Crippen molar-refractivity contribution in [3.05, 3.63) is 15.8 Å². The highest BCUT2D eigenvalue weighted by Gasteiger charge is 2.33. The van der Waals surface area contributed by atoms with Gasteiger partial charge in [0.1, 0.15) is 5.69 Å². The maximum absolute atomic E-state index is 11.1. The van der Waals surface area contributed by atoms with Gasteiger partial charge in [-0.25, -0.2) is 4.68 Å². The van der Waals surface area contributed by atoms with E-state index in [0.29, 0.717) is 23.9 Å². The lowest BCUT2D eigenvalue weighted by Gasteiger charge is -2.04. The van der Waals surface area contributed by atoms with Gasteiger partial charge in [-0.3, -0.25) is 10.1 Å². The summed E-state index contributed by atoms with van der Waals surface area (Å²) in [5, 5.41) is 18.4. The average Bonchev–Trinajstić information content (AvgIpc) is 2.86. The molecule has 0 spiro atoms. The first kappa shape index (κ1) is 11.9. The zero-order valence-corrected chi connectivity index (χ0v) is 10.4. The van der Waals surface area contributed by atoms with Crippen LogP contribution in [0.1, 0.15) is 26.0 Å². The maximum Gasteiger partial charge on any atom is 0.333 e. The SMILES string of the molecule is CCc1nn(C)c(NCC2CC2C)c1[N+](=O)[O-]. The van der Waals surface area contributed by atoms with Crippen LogP contribution in [0.2, 0.25) is 0 Å². The summed E-state index contributed by atoms with van der Waals surface area (Å²) in [6.07, 6.45) is 1.78. The molecule has 0 aliphatic heterocycles. The Kier molecular flexibility index (Phi) is 3.04. The van der Waals surface area contributed by atoms with Gasteiger partial charge >= 0.3 is 5.69 Å². The molecule has 1 heterocycles. The monoisotopic (exact) mass is 238 g/mol. The predicted molar refractivity (Wildman–Crippen MR) is 65.0 cm³/mol. The molecule has 0 saturated heterocycles. The number of nitrogens with zero attached hydrogens (tertiary/aromatic N) is 3. The normalized spacial score (nSPS) is 22.5. The highest BCUT2D eigenvalue weighted by Crippen LogP contribution is 2.38. The van der Waals surface area contributed by atoms with Gasteiger partial charge in [0.15, 0.2) is 0 Å². The standard InChI is InChI=1S/C11H18N4O2/c1-4-9-10(15(16)17)11(14(3)13-9)12-6-8-5-7(8)2/h7-8,12H,4-6H2,1-3H3. The molecule has 2 unspecified atom stereocenters. The van der Waals surface area contributed by atoms with Gasteiger partial charge < -0.3 is 5.32 Å². The number of rotatable bonds is 5. The van der Waals surface area contributed by atoms with Gasteiger partial charge in [-0.15, -0.1) is 0 Å². The highest BCUT2D eigenvalue weighted by atomic mass is 16.6. The van der Waals surface area contributed by atoms with E-state index in [1.807, 2.05) is 6.92 Å². The molecule has 17 heavy (non-hydrogen) atoms. The second-order valence-electron chi connectivity index (χ2n) is 4.73. The van der Waals surface area contributed by atoms with E-state index in [-0.39, 0.29) is 10.6 Å². The first-order valence-electron chi connectivity index (χ1n) is 5.98. The summed E-state index contributed by atoms with van der Waals surface area (Å²) in [5.74, 6) is 1.92. The van der Waals surface area contributed by atoms with Crippen LogP contribution in [0.15, 0.2) is 0 Å². The number of anilines is 1. The van der Waals surface area contributed by atoms with Crippen LogP contribution in [-0.2, 0) is 13.5 Å². The van der Waals surface area contributed by atoms with Crippen LogP contribution in [0, 0.1) is 22.0 Å². The van der Waals surface area contributed by atoms with Crippen LogP contribution >= 0.6 is 0 Å². The second kappa shape index (κ2) is 4.35. The van der Waals surface area contributed by atoms with E-state index in [9.17, 15) is 10.1 Å². The van der Waals surface area contributed by atoms with E-state index in [0.717, 1.165) is 12.5 Å². The zero-order valence-electron chi connectivity index (χ0n) is 10.4. The number of nitro groups is 1. The van der Waals surface area contributed by atoms with Crippen LogP contribution in [0.3, 0.4) is 0 Å². The van der Waals surface area contributed by atoms with Gasteiger partial charge in [0.05, 0.1) is 4.92 Å². The molecule has 1 N–H and O–H groups in total. The van der Waals surface area contributed by atoms with Crippen LogP contribution in [0.25, 0.3) is 0 Å². The Balaban J connectivity index is 2.18. The van der Waals surface area contributed by atoms with E-state index in [1.165, 1.54) is 6.42 Å². The lowest BCUT2D eigenvalue weighted by Crippen LogP contribution is -2.09. The van der Waals surface area contributed by atoms with Gasteiger partial charge in [-0.05, 0) is 24.7 Å². The summed E-state index contributed by atoms with van der Waals surface area (Å²) in [6, 6.07) is 0. The van der Waals surface area contributed by atoms with E-state index in [2.05, 4.69) is 17.3 Å². The first-order valence-corrected chi connectivity index (χ1v) is 5.98. The molecular formula is C11H18N4O2. The van der Waals surface area contributed by atoms with Crippen molar-refractivity contribution in [2.75, 3.05) is 11.9 Å². The molecule has 1 saturated carbocycles. The minimum Gasteiger partial charge on any atom is -0.364 e. The van der Waals surface area contributed by atoms with Crippen molar-refractivity contribution in [1.29, 1.82) is 0 Å². The van der Waals surface area contributed by atoms with Crippen LogP contribution < -0.4 is 5.32 Å². The molecule has 0 amide bonds. The first-order chi connectivity index (χ1) is 8.04. The Hall–Kier alpha value is -1.59. The van der Waals surface area contributed by atoms with Gasteiger partial charge in [0, 0.05) is 13.6 Å². The van der Waals surface area contributed by atoms with Crippen molar-refractivity contribution in [2.45, 2.75) is 26.7 Å². The second-order valence-corrected chi connectivity index (χ2v) is 4.73. The summed E-state index contributed by atoms with van der Waals surface area (Å²) in [4.78, 5) is 10.7. The van der Waals surface area contributed by atoms with E-state index in [1.54, 1.807) is 11.7 Å². The molecule has 6 heteroatoms. The highest BCUT2D eigenvalue weighted by molar-refractivity contribution is 5.59. The van der Waals surface area contributed by atoms with Gasteiger partial charge in [0.25, 0.3) is 0 Å². The van der Waals surface area contributed by atoms with Gasteiger partial charge in [0.2, 0.25) is 5.82 Å². The summed E-state index contributed by atoms with van der Waals surface area (Å²) < 4.78 is 1.57. The van der Waals surface area contributed by atoms with E-state index in [4.69, 9.17) is 0 Å². The lowest BCUT2D eigenvalue weighted by atomic mass is 10.3. The molecule has 1 aliphatic rings. The molecule has 2 atom stereocenters. The smallest absolute Gasteiger partial charge is 0.333 e. The fraction of sp³-hybridized carbons (Fsp3) is 0.727. The molecule has 2 rings (SSSR count). The lowest BCUT2D eigenvalue weighted by molar-refractivity contribution is -0.384. The minimum absolute atomic E-state index is 0.128. The largest absolute Gasteiger partial charge is 0.364 e. The molecule has 1 aromatic rings. The van der Waals surface area contributed by atoms with Crippen molar-refractivity contribution >= 4 is 11.5 Å². The van der Waals surface area contributed by atoms with Crippen LogP contribution in [0.4, 0.5) is 11.5 Å². The predicted octanol–water partition coefficient (Wildman–Crippen LogP) is 1.96. The van der Waals surface area contributed by atoms with Crippen molar-refractivity contribution in [1.82, 2.24) is 9.78 Å². The summed E-state index contributed by atoms with van der Waals surface area (Å²) >= 11 is 0. The Morgan fingerprint density at radius 1 is 1.65 bits per heavy atom. The van der Waals surface area contributed by atoms with E-state index < -0.39 is 0 Å². The molecule has 94 valence electrons. The molecule has 0 bridgehead atoms. The summed E-state index contributed by atoms with van der Waals surface area (Å²) in [7, 11) is 1.74. The Labute approximate surface area is 100 Å². The summed E-state index contributed by atoms with van der Waals surface area (Å²) in [5.41, 5.74) is 0.673. The van der Waals surface area contributed by atoms with Crippen molar-refractivity contribution in [2.24, 2.45) is 18.9 Å². The molecule has 0 aromatic carbocycles. The molecule has 0 radical (unpaired) electrons. The number of aryl methyl sites for hydroxylation is 2. The average molecular weight is 238 g/mol. The van der Waals surface area contributed by atoms with E-state index >= 15 is 0 Å².